The van der Waals surface area contributed by atoms with Gasteiger partial charge in [-0.25, -0.2) is 9.97 Å². The molecule has 1 aliphatic rings. The van der Waals surface area contributed by atoms with Crippen molar-refractivity contribution in [2.24, 2.45) is 0 Å². The SMILES string of the molecule is Cc1cccc2c(NC3CCCCC3)nc(Cl)nc12. The van der Waals surface area contributed by atoms with Crippen LogP contribution in [0.5, 0.6) is 0 Å². The molecule has 1 aliphatic carbocycles. The van der Waals surface area contributed by atoms with Crippen molar-refractivity contribution in [3.8, 4) is 0 Å². The monoisotopic (exact) mass is 275 g/mol. The van der Waals surface area contributed by atoms with E-state index in [1.165, 1.54) is 32.1 Å². The van der Waals surface area contributed by atoms with Gasteiger partial charge in [0.15, 0.2) is 0 Å². The molecule has 2 aromatic rings. The van der Waals surface area contributed by atoms with E-state index in [0.29, 0.717) is 11.3 Å². The number of nitrogens with zero attached hydrogens (tertiary/aromatic N) is 2. The number of aromatic nitrogens is 2. The van der Waals surface area contributed by atoms with E-state index < -0.39 is 0 Å². The van der Waals surface area contributed by atoms with Crippen molar-refractivity contribution >= 4 is 28.3 Å². The number of aryl methyl sites for hydroxylation is 1. The van der Waals surface area contributed by atoms with Crippen molar-refractivity contribution in [3.63, 3.8) is 0 Å². The summed E-state index contributed by atoms with van der Waals surface area (Å²) in [5.41, 5.74) is 2.08. The molecule has 1 N–H and O–H groups in total. The number of para-hydroxylation sites is 1. The molecule has 0 spiro atoms. The van der Waals surface area contributed by atoms with Crippen LogP contribution in [-0.4, -0.2) is 16.0 Å². The van der Waals surface area contributed by atoms with E-state index in [0.717, 1.165) is 22.3 Å². The lowest BCUT2D eigenvalue weighted by Gasteiger charge is -2.24. The molecule has 1 fully saturated rings. The highest BCUT2D eigenvalue weighted by atomic mass is 35.5. The molecule has 1 heterocycles. The Morgan fingerprint density at radius 3 is 2.74 bits per heavy atom. The van der Waals surface area contributed by atoms with E-state index in [1.54, 1.807) is 0 Å². The molecule has 3 rings (SSSR count). The minimum absolute atomic E-state index is 0.320. The summed E-state index contributed by atoms with van der Waals surface area (Å²) in [4.78, 5) is 8.72. The van der Waals surface area contributed by atoms with Gasteiger partial charge in [-0.1, -0.05) is 31.4 Å². The fourth-order valence-electron chi connectivity index (χ4n) is 2.82. The zero-order valence-electron chi connectivity index (χ0n) is 11.1. The van der Waals surface area contributed by atoms with Crippen LogP contribution in [-0.2, 0) is 0 Å². The molecule has 3 nitrogen and oxygen atoms in total. The highest BCUT2D eigenvalue weighted by Gasteiger charge is 2.16. The third-order valence-electron chi connectivity index (χ3n) is 3.85. The van der Waals surface area contributed by atoms with Gasteiger partial charge in [0.1, 0.15) is 5.82 Å². The van der Waals surface area contributed by atoms with Crippen LogP contribution in [0.25, 0.3) is 10.9 Å². The summed E-state index contributed by atoms with van der Waals surface area (Å²) >= 11 is 6.05. The average Bonchev–Trinajstić information content (AvgIpc) is 2.41. The van der Waals surface area contributed by atoms with Crippen LogP contribution >= 0.6 is 11.6 Å². The Morgan fingerprint density at radius 1 is 1.16 bits per heavy atom. The van der Waals surface area contributed by atoms with Crippen molar-refractivity contribution in [2.45, 2.75) is 45.1 Å². The van der Waals surface area contributed by atoms with Crippen LogP contribution in [0.2, 0.25) is 5.28 Å². The van der Waals surface area contributed by atoms with Gasteiger partial charge in [-0.05, 0) is 43.0 Å². The fraction of sp³-hybridized carbons (Fsp3) is 0.467. The van der Waals surface area contributed by atoms with Crippen LogP contribution in [0.15, 0.2) is 18.2 Å². The van der Waals surface area contributed by atoms with Gasteiger partial charge in [0.05, 0.1) is 5.52 Å². The second kappa shape index (κ2) is 5.33. The predicted molar refractivity (Wildman–Crippen MR) is 79.8 cm³/mol. The minimum Gasteiger partial charge on any atom is -0.367 e. The van der Waals surface area contributed by atoms with Crippen LogP contribution < -0.4 is 5.32 Å². The molecule has 1 aromatic carbocycles. The minimum atomic E-state index is 0.320. The van der Waals surface area contributed by atoms with Crippen LogP contribution in [0, 0.1) is 6.92 Å². The number of nitrogens with one attached hydrogen (secondary N) is 1. The van der Waals surface area contributed by atoms with E-state index in [-0.39, 0.29) is 0 Å². The lowest BCUT2D eigenvalue weighted by atomic mass is 9.95. The van der Waals surface area contributed by atoms with Gasteiger partial charge in [0, 0.05) is 11.4 Å². The number of hydrogen-bond donors (Lipinski definition) is 1. The fourth-order valence-corrected chi connectivity index (χ4v) is 2.99. The van der Waals surface area contributed by atoms with Crippen molar-refractivity contribution in [2.75, 3.05) is 5.32 Å². The molecule has 4 heteroatoms. The lowest BCUT2D eigenvalue weighted by molar-refractivity contribution is 0.462. The normalized spacial score (nSPS) is 16.7. The second-order valence-electron chi connectivity index (χ2n) is 5.29. The van der Waals surface area contributed by atoms with Crippen molar-refractivity contribution in [1.29, 1.82) is 0 Å². The first-order chi connectivity index (χ1) is 9.24. The maximum Gasteiger partial charge on any atom is 0.224 e. The number of halogens is 1. The molecule has 0 aliphatic heterocycles. The Kier molecular flexibility index (Phi) is 3.56. The van der Waals surface area contributed by atoms with E-state index in [9.17, 15) is 0 Å². The van der Waals surface area contributed by atoms with Gasteiger partial charge in [-0.15, -0.1) is 0 Å². The summed E-state index contributed by atoms with van der Waals surface area (Å²) in [5, 5.41) is 4.94. The molecular weight excluding hydrogens is 258 g/mol. The summed E-state index contributed by atoms with van der Waals surface area (Å²) in [6.45, 7) is 2.05. The van der Waals surface area contributed by atoms with Crippen LogP contribution in [0.1, 0.15) is 37.7 Å². The molecular formula is C15H18ClN3. The summed E-state index contributed by atoms with van der Waals surface area (Å²) < 4.78 is 0. The van der Waals surface area contributed by atoms with E-state index >= 15 is 0 Å². The predicted octanol–water partition coefficient (Wildman–Crippen LogP) is 4.34. The molecule has 19 heavy (non-hydrogen) atoms. The van der Waals surface area contributed by atoms with Crippen LogP contribution in [0.3, 0.4) is 0 Å². The lowest BCUT2D eigenvalue weighted by Crippen LogP contribution is -2.23. The highest BCUT2D eigenvalue weighted by Crippen LogP contribution is 2.27. The summed E-state index contributed by atoms with van der Waals surface area (Å²) in [6.07, 6.45) is 6.38. The number of benzene rings is 1. The van der Waals surface area contributed by atoms with Gasteiger partial charge in [0.25, 0.3) is 0 Å². The molecule has 0 radical (unpaired) electrons. The Balaban J connectivity index is 1.99. The summed E-state index contributed by atoms with van der Waals surface area (Å²) in [7, 11) is 0. The zero-order chi connectivity index (χ0) is 13.2. The molecule has 100 valence electrons. The number of anilines is 1. The first-order valence-corrected chi connectivity index (χ1v) is 7.31. The molecule has 0 amide bonds. The van der Waals surface area contributed by atoms with Gasteiger partial charge >= 0.3 is 0 Å². The molecule has 0 bridgehead atoms. The number of hydrogen-bond acceptors (Lipinski definition) is 3. The maximum atomic E-state index is 6.05. The van der Waals surface area contributed by atoms with Crippen molar-refractivity contribution < 1.29 is 0 Å². The Morgan fingerprint density at radius 2 is 1.95 bits per heavy atom. The Hall–Kier alpha value is -1.35. The van der Waals surface area contributed by atoms with Crippen molar-refractivity contribution in [1.82, 2.24) is 9.97 Å². The average molecular weight is 276 g/mol. The molecule has 0 saturated heterocycles. The maximum absolute atomic E-state index is 6.05. The number of rotatable bonds is 2. The molecule has 1 aromatic heterocycles. The third-order valence-corrected chi connectivity index (χ3v) is 4.02. The zero-order valence-corrected chi connectivity index (χ0v) is 11.9. The van der Waals surface area contributed by atoms with Crippen molar-refractivity contribution in [3.05, 3.63) is 29.0 Å². The topological polar surface area (TPSA) is 37.8 Å². The van der Waals surface area contributed by atoms with Gasteiger partial charge in [-0.2, -0.15) is 0 Å². The Labute approximate surface area is 118 Å². The summed E-state index contributed by atoms with van der Waals surface area (Å²) in [5.74, 6) is 0.880. The molecule has 0 unspecified atom stereocenters. The summed E-state index contributed by atoms with van der Waals surface area (Å²) in [6, 6.07) is 6.67. The number of fused-ring (bicyclic) bond motifs is 1. The van der Waals surface area contributed by atoms with Crippen LogP contribution in [0.4, 0.5) is 5.82 Å². The highest BCUT2D eigenvalue weighted by molar-refractivity contribution is 6.28. The first-order valence-electron chi connectivity index (χ1n) is 6.93. The molecule has 0 atom stereocenters. The van der Waals surface area contributed by atoms with E-state index in [4.69, 9.17) is 11.6 Å². The van der Waals surface area contributed by atoms with Gasteiger partial charge < -0.3 is 5.32 Å². The smallest absolute Gasteiger partial charge is 0.224 e. The quantitative estimate of drug-likeness (QED) is 0.829. The van der Waals surface area contributed by atoms with E-state index in [2.05, 4.69) is 34.3 Å². The standard InChI is InChI=1S/C15H18ClN3/c1-10-6-5-9-12-13(10)18-15(16)19-14(12)17-11-7-3-2-4-8-11/h5-6,9,11H,2-4,7-8H2,1H3,(H,17,18,19). The van der Waals surface area contributed by atoms with Gasteiger partial charge in [0.2, 0.25) is 5.28 Å². The molecule has 1 saturated carbocycles. The third kappa shape index (κ3) is 2.66. The second-order valence-corrected chi connectivity index (χ2v) is 5.63. The Bertz CT molecular complexity index is 591. The van der Waals surface area contributed by atoms with Gasteiger partial charge in [-0.3, -0.25) is 0 Å². The van der Waals surface area contributed by atoms with E-state index in [1.807, 2.05) is 6.07 Å². The largest absolute Gasteiger partial charge is 0.367 e. The first kappa shape index (κ1) is 12.7.